The Balaban J connectivity index is 0.000000385. The Morgan fingerprint density at radius 3 is 2.19 bits per heavy atom. The summed E-state index contributed by atoms with van der Waals surface area (Å²) in [5.74, 6) is 0.625. The lowest BCUT2D eigenvalue weighted by Gasteiger charge is -2.02. The van der Waals surface area contributed by atoms with E-state index in [0.717, 1.165) is 5.56 Å². The molecular formula is C9H12O6S. The zero-order chi connectivity index (χ0) is 12.8. The molecule has 1 rings (SSSR count). The third kappa shape index (κ3) is 6.82. The van der Waals surface area contributed by atoms with Gasteiger partial charge >= 0.3 is 10.4 Å². The van der Waals surface area contributed by atoms with Crippen LogP contribution in [0.15, 0.2) is 24.8 Å². The van der Waals surface area contributed by atoms with Crippen molar-refractivity contribution in [3.05, 3.63) is 30.3 Å². The molecular weight excluding hydrogens is 236 g/mol. The Morgan fingerprint density at radius 2 is 1.88 bits per heavy atom. The van der Waals surface area contributed by atoms with E-state index in [9.17, 15) is 5.11 Å². The van der Waals surface area contributed by atoms with Crippen molar-refractivity contribution in [2.24, 2.45) is 0 Å². The molecule has 90 valence electrons. The minimum absolute atomic E-state index is 0.143. The first-order valence-electron chi connectivity index (χ1n) is 3.97. The van der Waals surface area contributed by atoms with E-state index >= 15 is 0 Å². The van der Waals surface area contributed by atoms with Crippen molar-refractivity contribution in [1.82, 2.24) is 0 Å². The maximum Gasteiger partial charge on any atom is 0.394 e. The second-order valence-electron chi connectivity index (χ2n) is 2.58. The number of phenols is 1. The predicted molar refractivity (Wildman–Crippen MR) is 58.9 cm³/mol. The lowest BCUT2D eigenvalue weighted by atomic mass is 10.2. The van der Waals surface area contributed by atoms with Crippen LogP contribution in [-0.2, 0) is 10.4 Å². The fraction of sp³-hybridized carbons (Fsp3) is 0.111. The predicted octanol–water partition coefficient (Wildman–Crippen LogP) is 1.39. The van der Waals surface area contributed by atoms with Gasteiger partial charge in [-0.3, -0.25) is 9.11 Å². The lowest BCUT2D eigenvalue weighted by molar-refractivity contribution is 0.373. The van der Waals surface area contributed by atoms with E-state index in [-0.39, 0.29) is 5.75 Å². The molecule has 0 saturated heterocycles. The van der Waals surface area contributed by atoms with Crippen molar-refractivity contribution in [2.45, 2.75) is 0 Å². The van der Waals surface area contributed by atoms with Crippen LogP contribution >= 0.6 is 0 Å². The summed E-state index contributed by atoms with van der Waals surface area (Å²) in [7, 11) is -3.15. The minimum atomic E-state index is -4.67. The van der Waals surface area contributed by atoms with Gasteiger partial charge in [0.1, 0.15) is 0 Å². The molecule has 16 heavy (non-hydrogen) atoms. The molecule has 0 atom stereocenters. The molecule has 0 amide bonds. The normalized spacial score (nSPS) is 9.94. The summed E-state index contributed by atoms with van der Waals surface area (Å²) in [6.07, 6.45) is 1.67. The summed E-state index contributed by atoms with van der Waals surface area (Å²) in [6.45, 7) is 3.58. The number of methoxy groups -OCH3 is 1. The number of ether oxygens (including phenoxy) is 1. The van der Waals surface area contributed by atoms with E-state index in [1.165, 1.54) is 7.11 Å². The molecule has 0 radical (unpaired) electrons. The van der Waals surface area contributed by atoms with Crippen molar-refractivity contribution >= 4 is 16.5 Å². The van der Waals surface area contributed by atoms with Crippen molar-refractivity contribution in [1.29, 1.82) is 0 Å². The van der Waals surface area contributed by atoms with Gasteiger partial charge in [0.25, 0.3) is 0 Å². The van der Waals surface area contributed by atoms with Crippen LogP contribution in [0.4, 0.5) is 0 Å². The van der Waals surface area contributed by atoms with E-state index < -0.39 is 10.4 Å². The molecule has 0 heterocycles. The maximum atomic E-state index is 9.25. The van der Waals surface area contributed by atoms with Crippen molar-refractivity contribution in [2.75, 3.05) is 7.11 Å². The molecule has 0 aromatic heterocycles. The highest BCUT2D eigenvalue weighted by Gasteiger charge is 1.98. The Kier molecular flexibility index (Phi) is 5.51. The first kappa shape index (κ1) is 14.4. The molecule has 1 aromatic rings. The average molecular weight is 248 g/mol. The zero-order valence-electron chi connectivity index (χ0n) is 8.49. The summed E-state index contributed by atoms with van der Waals surface area (Å²) < 4.78 is 36.4. The topological polar surface area (TPSA) is 104 Å². The largest absolute Gasteiger partial charge is 0.504 e. The van der Waals surface area contributed by atoms with Gasteiger partial charge in [0.2, 0.25) is 0 Å². The van der Waals surface area contributed by atoms with Crippen LogP contribution in [-0.4, -0.2) is 29.7 Å². The van der Waals surface area contributed by atoms with Gasteiger partial charge in [0.05, 0.1) is 7.11 Å². The van der Waals surface area contributed by atoms with Gasteiger partial charge in [-0.15, -0.1) is 0 Å². The molecule has 1 aromatic carbocycles. The number of hydrogen-bond acceptors (Lipinski definition) is 4. The molecule has 0 fully saturated rings. The summed E-state index contributed by atoms with van der Waals surface area (Å²) in [6, 6.07) is 5.13. The number of hydrogen-bond donors (Lipinski definition) is 3. The molecule has 0 saturated carbocycles. The highest BCUT2D eigenvalue weighted by atomic mass is 32.3. The van der Waals surface area contributed by atoms with E-state index in [0.29, 0.717) is 5.75 Å². The Bertz CT molecular complexity index is 443. The van der Waals surface area contributed by atoms with E-state index in [4.69, 9.17) is 22.3 Å². The third-order valence-electron chi connectivity index (χ3n) is 1.44. The Labute approximate surface area is 93.4 Å². The number of aromatic hydroxyl groups is 1. The number of phenolic OH excluding ortho intramolecular Hbond substituents is 1. The van der Waals surface area contributed by atoms with E-state index in [1.54, 1.807) is 18.2 Å². The molecule has 0 bridgehead atoms. The summed E-state index contributed by atoms with van der Waals surface area (Å²) in [4.78, 5) is 0. The second-order valence-corrected chi connectivity index (χ2v) is 3.48. The van der Waals surface area contributed by atoms with Crippen molar-refractivity contribution in [3.63, 3.8) is 0 Å². The molecule has 3 N–H and O–H groups in total. The van der Waals surface area contributed by atoms with Gasteiger partial charge in [0.15, 0.2) is 11.5 Å². The first-order chi connectivity index (χ1) is 7.27. The standard InChI is InChI=1S/C9H10O2.H2O4S/c1-3-7-4-5-9(11-2)8(10)6-7;1-5(2,3)4/h3-6,10H,1H2,2H3;(H2,1,2,3,4). The van der Waals surface area contributed by atoms with Crippen LogP contribution < -0.4 is 4.74 Å². The average Bonchev–Trinajstić information content (AvgIpc) is 2.15. The smallest absolute Gasteiger partial charge is 0.394 e. The molecule has 7 heteroatoms. The van der Waals surface area contributed by atoms with Crippen LogP contribution in [0.25, 0.3) is 6.08 Å². The third-order valence-corrected chi connectivity index (χ3v) is 1.44. The molecule has 6 nitrogen and oxygen atoms in total. The SMILES string of the molecule is C=Cc1ccc(OC)c(O)c1.O=S(=O)(O)O. The lowest BCUT2D eigenvalue weighted by Crippen LogP contribution is -1.89. The number of benzene rings is 1. The summed E-state index contributed by atoms with van der Waals surface area (Å²) in [5.41, 5.74) is 0.878. The van der Waals surface area contributed by atoms with Crippen LogP contribution in [0.1, 0.15) is 5.56 Å². The summed E-state index contributed by atoms with van der Waals surface area (Å²) in [5, 5.41) is 9.25. The zero-order valence-corrected chi connectivity index (χ0v) is 9.31. The van der Waals surface area contributed by atoms with Gasteiger partial charge < -0.3 is 9.84 Å². The number of rotatable bonds is 2. The fourth-order valence-electron chi connectivity index (χ4n) is 0.834. The molecule has 0 aliphatic carbocycles. The molecule has 0 aliphatic heterocycles. The van der Waals surface area contributed by atoms with Gasteiger partial charge in [-0.1, -0.05) is 18.7 Å². The van der Waals surface area contributed by atoms with Gasteiger partial charge in [-0.05, 0) is 17.7 Å². The van der Waals surface area contributed by atoms with E-state index in [1.807, 2.05) is 6.07 Å². The monoisotopic (exact) mass is 248 g/mol. The first-order valence-corrected chi connectivity index (χ1v) is 5.37. The van der Waals surface area contributed by atoms with Crippen molar-refractivity contribution in [3.8, 4) is 11.5 Å². The van der Waals surface area contributed by atoms with Crippen LogP contribution in [0.3, 0.4) is 0 Å². The Morgan fingerprint density at radius 1 is 1.38 bits per heavy atom. The minimum Gasteiger partial charge on any atom is -0.504 e. The van der Waals surface area contributed by atoms with Crippen LogP contribution in [0.2, 0.25) is 0 Å². The van der Waals surface area contributed by atoms with Gasteiger partial charge in [-0.2, -0.15) is 8.42 Å². The van der Waals surface area contributed by atoms with Crippen LogP contribution in [0.5, 0.6) is 11.5 Å². The molecule has 0 unspecified atom stereocenters. The highest BCUT2D eigenvalue weighted by molar-refractivity contribution is 7.79. The van der Waals surface area contributed by atoms with Crippen LogP contribution in [0, 0.1) is 0 Å². The van der Waals surface area contributed by atoms with E-state index in [2.05, 4.69) is 6.58 Å². The quantitative estimate of drug-likeness (QED) is 0.683. The van der Waals surface area contributed by atoms with Gasteiger partial charge in [-0.25, -0.2) is 0 Å². The molecule has 0 aliphatic rings. The second kappa shape index (κ2) is 6.11. The highest BCUT2D eigenvalue weighted by Crippen LogP contribution is 2.26. The Hall–Kier alpha value is -1.57. The maximum absolute atomic E-state index is 9.25. The van der Waals surface area contributed by atoms with Gasteiger partial charge in [0, 0.05) is 0 Å². The summed E-state index contributed by atoms with van der Waals surface area (Å²) >= 11 is 0. The fourth-order valence-corrected chi connectivity index (χ4v) is 0.834. The van der Waals surface area contributed by atoms with Crippen molar-refractivity contribution < 1.29 is 27.4 Å². The molecule has 0 spiro atoms.